The number of carbonyl (C=O) groups is 4. The number of carbonyl (C=O) groups excluding carboxylic acids is 4. The summed E-state index contributed by atoms with van der Waals surface area (Å²) in [5.74, 6) is -0.0870. The second kappa shape index (κ2) is 24.7. The molecule has 3 amide bonds. The summed E-state index contributed by atoms with van der Waals surface area (Å²) in [5.41, 5.74) is 7.29. The van der Waals surface area contributed by atoms with Crippen LogP contribution in [0.1, 0.15) is 67.3 Å². The van der Waals surface area contributed by atoms with Gasteiger partial charge in [0.05, 0.1) is 58.5 Å². The molecule has 0 bridgehead atoms. The topological polar surface area (TPSA) is 238 Å². The molecule has 2 aliphatic rings. The van der Waals surface area contributed by atoms with E-state index >= 15 is 0 Å². The van der Waals surface area contributed by atoms with Crippen molar-refractivity contribution in [2.24, 2.45) is 7.05 Å². The zero-order chi connectivity index (χ0) is 53.2. The van der Waals surface area contributed by atoms with Crippen molar-refractivity contribution in [3.63, 3.8) is 0 Å². The molecule has 6 N–H and O–H groups in total. The zero-order valence-electron chi connectivity index (χ0n) is 42.5. The molecule has 9 rings (SSSR count). The first-order chi connectivity index (χ1) is 36.2. The van der Waals surface area contributed by atoms with E-state index in [1.54, 1.807) is 27.4 Å². The van der Waals surface area contributed by atoms with Gasteiger partial charge in [0.25, 0.3) is 5.56 Å². The lowest BCUT2D eigenvalue weighted by Crippen LogP contribution is -2.49. The van der Waals surface area contributed by atoms with E-state index in [1.807, 2.05) is 78.8 Å². The Morgan fingerprint density at radius 3 is 2.44 bits per heavy atom. The first-order valence-corrected chi connectivity index (χ1v) is 26.0. The fourth-order valence-electron chi connectivity index (χ4n) is 9.83. The number of piperidine rings is 1. The van der Waals surface area contributed by atoms with Crippen LogP contribution in [-0.2, 0) is 58.8 Å². The number of aryl methyl sites for hydroxylation is 1. The lowest BCUT2D eigenvalue weighted by Gasteiger charge is -2.38. The monoisotopic (exact) mass is 1060 g/mol. The molecule has 3 aromatic carbocycles. The van der Waals surface area contributed by atoms with Crippen LogP contribution in [-0.4, -0.2) is 137 Å². The van der Waals surface area contributed by atoms with Crippen molar-refractivity contribution < 1.29 is 29.4 Å². The van der Waals surface area contributed by atoms with Crippen molar-refractivity contribution in [2.45, 2.75) is 83.1 Å². The van der Waals surface area contributed by atoms with Gasteiger partial charge in [-0.1, -0.05) is 84.7 Å². The molecular weight excluding hydrogens is 1000 g/mol. The Morgan fingerprint density at radius 2 is 1.72 bits per heavy atom. The van der Waals surface area contributed by atoms with E-state index in [1.165, 1.54) is 10.9 Å². The molecule has 396 valence electrons. The van der Waals surface area contributed by atoms with Crippen LogP contribution >= 0.6 is 23.2 Å². The summed E-state index contributed by atoms with van der Waals surface area (Å²) in [6, 6.07) is 21.5. The number of H-pyrrole nitrogens is 1. The molecule has 7 aromatic rings. The van der Waals surface area contributed by atoms with Gasteiger partial charge in [-0.15, -0.1) is 0 Å². The molecule has 0 radical (unpaired) electrons. The highest BCUT2D eigenvalue weighted by molar-refractivity contribution is 6.45. The number of nitrogens with one attached hydrogen (secondary N) is 4. The van der Waals surface area contributed by atoms with Crippen LogP contribution in [0.2, 0.25) is 10.0 Å². The van der Waals surface area contributed by atoms with Gasteiger partial charge in [0.2, 0.25) is 17.7 Å². The third kappa shape index (κ3) is 12.9. The van der Waals surface area contributed by atoms with Crippen LogP contribution in [0.3, 0.4) is 0 Å². The number of fused-ring (bicyclic) bond motifs is 4. The predicted octanol–water partition coefficient (Wildman–Crippen LogP) is 4.96. The summed E-state index contributed by atoms with van der Waals surface area (Å²) in [4.78, 5) is 72.3. The van der Waals surface area contributed by atoms with Crippen LogP contribution in [0, 0.1) is 0 Å². The average molecular weight is 1060 g/mol. The number of hydrogen-bond acceptors (Lipinski definition) is 12. The molecule has 1 atom stereocenters. The first-order valence-electron chi connectivity index (χ1n) is 25.3. The van der Waals surface area contributed by atoms with Crippen molar-refractivity contribution in [2.75, 3.05) is 52.9 Å². The molecule has 21 heteroatoms. The number of aliphatic hydroxyl groups excluding tert-OH is 1. The van der Waals surface area contributed by atoms with E-state index in [-0.39, 0.29) is 41.3 Å². The average Bonchev–Trinajstić information content (AvgIpc) is 4.16. The molecule has 1 unspecified atom stereocenters. The van der Waals surface area contributed by atoms with E-state index in [9.17, 15) is 34.2 Å². The predicted molar refractivity (Wildman–Crippen MR) is 288 cm³/mol. The van der Waals surface area contributed by atoms with E-state index in [0.29, 0.717) is 100 Å². The summed E-state index contributed by atoms with van der Waals surface area (Å²) in [7, 11) is 3.64. The van der Waals surface area contributed by atoms with Crippen LogP contribution < -0.4 is 21.5 Å². The van der Waals surface area contributed by atoms with Crippen LogP contribution in [0.15, 0.2) is 84.0 Å². The van der Waals surface area contributed by atoms with Crippen LogP contribution in [0.25, 0.3) is 44.5 Å². The van der Waals surface area contributed by atoms with Crippen molar-refractivity contribution in [3.8, 4) is 22.5 Å². The van der Waals surface area contributed by atoms with Gasteiger partial charge in [0.15, 0.2) is 5.52 Å². The Hall–Kier alpha value is -6.74. The summed E-state index contributed by atoms with van der Waals surface area (Å²) >= 11 is 13.0. The fourth-order valence-corrected chi connectivity index (χ4v) is 10.2. The maximum Gasteiger partial charge on any atom is 0.281 e. The number of likely N-dealkylation sites (tertiary alicyclic amines) is 1. The number of halogens is 2. The molecule has 75 heavy (non-hydrogen) atoms. The van der Waals surface area contributed by atoms with Crippen molar-refractivity contribution in [1.82, 2.24) is 59.8 Å². The summed E-state index contributed by atoms with van der Waals surface area (Å²) in [6.07, 6.45) is 7.25. The Kier molecular flexibility index (Phi) is 18.0. The number of amides is 3. The molecule has 0 saturated carbocycles. The normalized spacial score (nSPS) is 14.6. The largest absolute Gasteiger partial charge is 0.388 e. The highest BCUT2D eigenvalue weighted by Gasteiger charge is 2.35. The maximum atomic E-state index is 13.4. The Bertz CT molecular complexity index is 3200. The molecule has 6 heterocycles. The molecule has 1 fully saturated rings. The molecule has 19 nitrogen and oxygen atoms in total. The number of aromatic nitrogens is 7. The number of aromatic amines is 1. The minimum Gasteiger partial charge on any atom is -0.388 e. The number of rotatable bonds is 19. The highest BCUT2D eigenvalue weighted by atomic mass is 35.5. The standard InChI is InChI=1S/C31H36N6O4.C23H28Cl2N6O3/c1-22(24-6-4-3-5-7-24)18-26(39)36-15-12-31(41,13-16-36)20-37-21-33-27-28(30(37)40)34-35(2)29(27)25-10-8-23(9-11-25)19-32-14-17-38;1-26-6-2-3-19(33)27-7-10-31-9-5-18(29-31)14-11-16(24)22(25)23-21(14)15-12-30(20(34)13-32)8-4-17(15)28-23/h3-11,17,21-22,32,41H,12-16,18-20H2,1-2H3;5,9,11,26,28,32H,2-4,6-8,10,12-13H2,1H3,(H,27,33). The van der Waals surface area contributed by atoms with E-state index in [0.717, 1.165) is 75.1 Å². The number of hydrogen-bond donors (Lipinski definition) is 6. The maximum absolute atomic E-state index is 13.4. The molecular formula is C54H64Cl2N12O7. The highest BCUT2D eigenvalue weighted by Crippen LogP contribution is 2.42. The van der Waals surface area contributed by atoms with E-state index < -0.39 is 12.2 Å². The van der Waals surface area contributed by atoms with Crippen molar-refractivity contribution >= 4 is 69.1 Å². The van der Waals surface area contributed by atoms with Gasteiger partial charge in [-0.25, -0.2) is 4.98 Å². The zero-order valence-corrected chi connectivity index (χ0v) is 44.0. The fraction of sp³-hybridized carbons (Fsp3) is 0.407. The van der Waals surface area contributed by atoms with Crippen molar-refractivity contribution in [1.29, 1.82) is 0 Å². The quantitative estimate of drug-likeness (QED) is 0.0466. The third-order valence-electron chi connectivity index (χ3n) is 14.0. The lowest BCUT2D eigenvalue weighted by atomic mass is 9.90. The van der Waals surface area contributed by atoms with E-state index in [4.69, 9.17) is 28.3 Å². The van der Waals surface area contributed by atoms with E-state index in [2.05, 4.69) is 37.9 Å². The lowest BCUT2D eigenvalue weighted by molar-refractivity contribution is -0.136. The molecule has 0 aliphatic carbocycles. The van der Waals surface area contributed by atoms with Gasteiger partial charge in [0.1, 0.15) is 18.4 Å². The van der Waals surface area contributed by atoms with Crippen molar-refractivity contribution in [3.05, 3.63) is 122 Å². The van der Waals surface area contributed by atoms with Gasteiger partial charge in [-0.2, -0.15) is 10.2 Å². The second-order valence-corrected chi connectivity index (χ2v) is 20.0. The second-order valence-electron chi connectivity index (χ2n) is 19.3. The van der Waals surface area contributed by atoms with Gasteiger partial charge in [0, 0.05) is 99.5 Å². The molecule has 2 aliphatic heterocycles. The third-order valence-corrected chi connectivity index (χ3v) is 14.8. The minimum atomic E-state index is -1.12. The number of aldehydes is 1. The molecule has 4 aromatic heterocycles. The van der Waals surface area contributed by atoms with Gasteiger partial charge in [-0.05, 0) is 62.0 Å². The van der Waals surface area contributed by atoms with Gasteiger partial charge >= 0.3 is 0 Å². The minimum absolute atomic E-state index is 0.0229. The summed E-state index contributed by atoms with van der Waals surface area (Å²) < 4.78 is 4.85. The molecule has 1 saturated heterocycles. The Balaban J connectivity index is 0.000000203. The Morgan fingerprint density at radius 1 is 0.960 bits per heavy atom. The van der Waals surface area contributed by atoms with Crippen LogP contribution in [0.4, 0.5) is 0 Å². The SMILES string of the molecule is CC(CC(=O)N1CCC(O)(Cn2cnc3c(-c4ccc(CNCC=O)cc4)n(C)nc3c2=O)CC1)c1ccccc1.CNCCCC(=O)NCCn1ccc(-c2cc(Cl)c(Cl)c3[nH]c4c(c23)CN(C(=O)CO)CC4)n1. The van der Waals surface area contributed by atoms with Gasteiger partial charge < -0.3 is 45.7 Å². The van der Waals surface area contributed by atoms with Gasteiger partial charge in [-0.3, -0.25) is 33.1 Å². The summed E-state index contributed by atoms with van der Waals surface area (Å²) in [6.45, 7) is 6.10. The number of nitrogens with zero attached hydrogens (tertiary/aromatic N) is 8. The number of aliphatic hydroxyl groups is 2. The van der Waals surface area contributed by atoms with Crippen LogP contribution in [0.5, 0.6) is 0 Å². The smallest absolute Gasteiger partial charge is 0.281 e. The number of benzene rings is 3. The first kappa shape index (κ1) is 54.5. The molecule has 0 spiro atoms. The summed E-state index contributed by atoms with van der Waals surface area (Å²) in [5, 5.41) is 40.5. The Labute approximate surface area is 444 Å².